The van der Waals surface area contributed by atoms with E-state index in [1.54, 1.807) is 25.1 Å². The molecule has 2 amide bonds. The summed E-state index contributed by atoms with van der Waals surface area (Å²) in [6.45, 7) is 4.58. The zero-order valence-corrected chi connectivity index (χ0v) is 12.4. The number of rotatable bonds is 5. The van der Waals surface area contributed by atoms with Gasteiger partial charge < -0.3 is 10.2 Å². The highest BCUT2D eigenvalue weighted by Crippen LogP contribution is 2.26. The van der Waals surface area contributed by atoms with E-state index in [4.69, 9.17) is 23.2 Å². The van der Waals surface area contributed by atoms with Gasteiger partial charge in [0.1, 0.15) is 0 Å². The summed E-state index contributed by atoms with van der Waals surface area (Å²) < 4.78 is 0. The van der Waals surface area contributed by atoms with E-state index in [0.717, 1.165) is 0 Å². The molecule has 0 aliphatic rings. The number of carbonyl (C=O) groups excluding carboxylic acids is 2. The van der Waals surface area contributed by atoms with Crippen molar-refractivity contribution in [2.24, 2.45) is 0 Å². The van der Waals surface area contributed by atoms with E-state index in [-0.39, 0.29) is 23.4 Å². The third kappa shape index (κ3) is 4.11. The number of likely N-dealkylation sites (N-methyl/N-ethyl adjacent to an activating group) is 2. The number of hydrogen-bond acceptors (Lipinski definition) is 2. The molecule has 4 nitrogen and oxygen atoms in total. The van der Waals surface area contributed by atoms with Crippen LogP contribution in [0.3, 0.4) is 0 Å². The summed E-state index contributed by atoms with van der Waals surface area (Å²) in [5.74, 6) is -0.503. The Kier molecular flexibility index (Phi) is 6.12. The summed E-state index contributed by atoms with van der Waals surface area (Å²) in [5.41, 5.74) is 0.306. The Hall–Kier alpha value is -1.26. The molecule has 0 saturated heterocycles. The number of carbonyl (C=O) groups is 2. The second-order valence-corrected chi connectivity index (χ2v) is 4.66. The molecule has 0 unspecified atom stereocenters. The lowest BCUT2D eigenvalue weighted by molar-refractivity contribution is -0.121. The first-order valence-electron chi connectivity index (χ1n) is 6.01. The topological polar surface area (TPSA) is 49.4 Å². The van der Waals surface area contributed by atoms with Crippen molar-refractivity contribution in [1.29, 1.82) is 0 Å². The highest BCUT2D eigenvalue weighted by Gasteiger charge is 2.20. The molecule has 1 aromatic rings. The first kappa shape index (κ1) is 15.8. The molecule has 1 rings (SSSR count). The minimum Gasteiger partial charge on any atom is -0.355 e. The molecule has 0 aliphatic heterocycles. The van der Waals surface area contributed by atoms with E-state index in [2.05, 4.69) is 5.32 Å². The second-order valence-electron chi connectivity index (χ2n) is 3.87. The fourth-order valence-electron chi connectivity index (χ4n) is 1.59. The number of benzene rings is 1. The molecule has 1 aromatic carbocycles. The predicted molar refractivity (Wildman–Crippen MR) is 76.7 cm³/mol. The zero-order valence-electron chi connectivity index (χ0n) is 10.9. The SMILES string of the molecule is CCNC(=O)CN(CC)C(=O)c1cccc(Cl)c1Cl. The third-order valence-electron chi connectivity index (χ3n) is 2.56. The Balaban J connectivity index is 2.89. The molecule has 0 radical (unpaired) electrons. The molecular weight excluding hydrogens is 287 g/mol. The number of amides is 2. The lowest BCUT2D eigenvalue weighted by Crippen LogP contribution is -2.40. The zero-order chi connectivity index (χ0) is 14.4. The van der Waals surface area contributed by atoms with E-state index < -0.39 is 0 Å². The van der Waals surface area contributed by atoms with Gasteiger partial charge in [-0.05, 0) is 26.0 Å². The maximum Gasteiger partial charge on any atom is 0.255 e. The summed E-state index contributed by atoms with van der Waals surface area (Å²) in [4.78, 5) is 25.2. The highest BCUT2D eigenvalue weighted by molar-refractivity contribution is 6.43. The summed E-state index contributed by atoms with van der Waals surface area (Å²) in [5, 5.41) is 3.18. The van der Waals surface area contributed by atoms with Crippen LogP contribution in [0.1, 0.15) is 24.2 Å². The standard InChI is InChI=1S/C13H16Cl2N2O2/c1-3-16-11(18)8-17(4-2)13(19)9-6-5-7-10(14)12(9)15/h5-7H,3-4,8H2,1-2H3,(H,16,18). The number of hydrogen-bond donors (Lipinski definition) is 1. The molecule has 0 aromatic heterocycles. The van der Waals surface area contributed by atoms with Crippen molar-refractivity contribution in [2.75, 3.05) is 19.6 Å². The minimum absolute atomic E-state index is 0.00597. The first-order chi connectivity index (χ1) is 9.01. The van der Waals surface area contributed by atoms with Crippen LogP contribution in [0.4, 0.5) is 0 Å². The van der Waals surface area contributed by atoms with Crippen molar-refractivity contribution >= 4 is 35.0 Å². The molecule has 0 fully saturated rings. The van der Waals surface area contributed by atoms with Crippen LogP contribution in [0.25, 0.3) is 0 Å². The number of nitrogens with zero attached hydrogens (tertiary/aromatic N) is 1. The summed E-state index contributed by atoms with van der Waals surface area (Å²) >= 11 is 11.9. The molecule has 0 heterocycles. The molecule has 6 heteroatoms. The number of halogens is 2. The van der Waals surface area contributed by atoms with Crippen LogP contribution in [0.5, 0.6) is 0 Å². The molecule has 0 atom stereocenters. The van der Waals surface area contributed by atoms with Crippen molar-refractivity contribution in [2.45, 2.75) is 13.8 Å². The van der Waals surface area contributed by atoms with Gasteiger partial charge in [0.05, 0.1) is 22.2 Å². The molecule has 1 N–H and O–H groups in total. The van der Waals surface area contributed by atoms with Gasteiger partial charge in [-0.3, -0.25) is 9.59 Å². The Labute approximate surface area is 122 Å². The summed E-state index contributed by atoms with van der Waals surface area (Å²) in [6, 6.07) is 4.86. The summed E-state index contributed by atoms with van der Waals surface area (Å²) in [6.07, 6.45) is 0. The molecule has 19 heavy (non-hydrogen) atoms. The van der Waals surface area contributed by atoms with Crippen molar-refractivity contribution in [1.82, 2.24) is 10.2 Å². The first-order valence-corrected chi connectivity index (χ1v) is 6.76. The van der Waals surface area contributed by atoms with Gasteiger partial charge in [0.25, 0.3) is 5.91 Å². The fraction of sp³-hybridized carbons (Fsp3) is 0.385. The van der Waals surface area contributed by atoms with Gasteiger partial charge in [-0.25, -0.2) is 0 Å². The van der Waals surface area contributed by atoms with Crippen molar-refractivity contribution in [3.63, 3.8) is 0 Å². The van der Waals surface area contributed by atoms with E-state index in [9.17, 15) is 9.59 Å². The number of nitrogens with one attached hydrogen (secondary N) is 1. The molecule has 104 valence electrons. The van der Waals surface area contributed by atoms with Gasteiger partial charge in [-0.15, -0.1) is 0 Å². The highest BCUT2D eigenvalue weighted by atomic mass is 35.5. The molecular formula is C13H16Cl2N2O2. The van der Waals surface area contributed by atoms with E-state index in [1.165, 1.54) is 4.90 Å². The van der Waals surface area contributed by atoms with Gasteiger partial charge in [0, 0.05) is 13.1 Å². The van der Waals surface area contributed by atoms with Crippen LogP contribution >= 0.6 is 23.2 Å². The van der Waals surface area contributed by atoms with Crippen LogP contribution < -0.4 is 5.32 Å². The summed E-state index contributed by atoms with van der Waals surface area (Å²) in [7, 11) is 0. The van der Waals surface area contributed by atoms with Gasteiger partial charge in [0.2, 0.25) is 5.91 Å². The smallest absolute Gasteiger partial charge is 0.255 e. The Bertz CT molecular complexity index is 478. The molecule has 0 aliphatic carbocycles. The van der Waals surface area contributed by atoms with Crippen LogP contribution in [-0.2, 0) is 4.79 Å². The maximum atomic E-state index is 12.3. The third-order valence-corrected chi connectivity index (χ3v) is 3.38. The molecule has 0 spiro atoms. The average Bonchev–Trinajstić information content (AvgIpc) is 2.39. The molecule has 0 bridgehead atoms. The van der Waals surface area contributed by atoms with Gasteiger partial charge in [-0.2, -0.15) is 0 Å². The van der Waals surface area contributed by atoms with Crippen LogP contribution in [0, 0.1) is 0 Å². The van der Waals surface area contributed by atoms with Gasteiger partial charge in [-0.1, -0.05) is 29.3 Å². The quantitative estimate of drug-likeness (QED) is 0.909. The monoisotopic (exact) mass is 302 g/mol. The van der Waals surface area contributed by atoms with Crippen molar-refractivity contribution < 1.29 is 9.59 Å². The largest absolute Gasteiger partial charge is 0.355 e. The Morgan fingerprint density at radius 2 is 1.95 bits per heavy atom. The van der Waals surface area contributed by atoms with Gasteiger partial charge >= 0.3 is 0 Å². The maximum absolute atomic E-state index is 12.3. The second kappa shape index (κ2) is 7.36. The average molecular weight is 303 g/mol. The van der Waals surface area contributed by atoms with Crippen LogP contribution in [-0.4, -0.2) is 36.3 Å². The Morgan fingerprint density at radius 1 is 1.26 bits per heavy atom. The molecule has 0 saturated carbocycles. The Morgan fingerprint density at radius 3 is 2.53 bits per heavy atom. The van der Waals surface area contributed by atoms with E-state index >= 15 is 0 Å². The fourth-order valence-corrected chi connectivity index (χ4v) is 1.97. The van der Waals surface area contributed by atoms with Crippen molar-refractivity contribution in [3.05, 3.63) is 33.8 Å². The lowest BCUT2D eigenvalue weighted by Gasteiger charge is -2.21. The van der Waals surface area contributed by atoms with Crippen LogP contribution in [0.15, 0.2) is 18.2 Å². The normalized spacial score (nSPS) is 10.1. The van der Waals surface area contributed by atoms with Crippen LogP contribution in [0.2, 0.25) is 10.0 Å². The van der Waals surface area contributed by atoms with E-state index in [1.807, 2.05) is 6.92 Å². The van der Waals surface area contributed by atoms with E-state index in [0.29, 0.717) is 23.7 Å². The minimum atomic E-state index is -0.304. The predicted octanol–water partition coefficient (Wildman–Crippen LogP) is 2.59. The lowest BCUT2D eigenvalue weighted by atomic mass is 10.2. The van der Waals surface area contributed by atoms with Crippen molar-refractivity contribution in [3.8, 4) is 0 Å². The van der Waals surface area contributed by atoms with Gasteiger partial charge in [0.15, 0.2) is 0 Å².